The van der Waals surface area contributed by atoms with E-state index in [1.165, 1.54) is 15.4 Å². The van der Waals surface area contributed by atoms with E-state index in [0.29, 0.717) is 0 Å². The molecule has 0 aromatic carbocycles. The van der Waals surface area contributed by atoms with E-state index in [-0.39, 0.29) is 24.0 Å². The number of rotatable bonds is 8. The Balaban J connectivity index is 0.00000288. The smallest absolute Gasteiger partial charge is 0.191 e. The SMILES string of the molecule is CCNC(=NCCCn1cc(C)cn1)NCCc1ncc(C)s1.I. The molecule has 2 rings (SSSR count). The number of nitrogens with one attached hydrogen (secondary N) is 2. The van der Waals surface area contributed by atoms with E-state index in [1.807, 2.05) is 17.1 Å². The monoisotopic (exact) mass is 462 g/mol. The van der Waals surface area contributed by atoms with E-state index in [1.54, 1.807) is 11.3 Å². The van der Waals surface area contributed by atoms with Gasteiger partial charge in [0, 0.05) is 49.9 Å². The molecular weight excluding hydrogens is 435 g/mol. The predicted octanol–water partition coefficient (Wildman–Crippen LogP) is 2.76. The second-order valence-electron chi connectivity index (χ2n) is 5.44. The minimum atomic E-state index is 0. The molecule has 6 nitrogen and oxygen atoms in total. The van der Waals surface area contributed by atoms with Crippen molar-refractivity contribution in [3.05, 3.63) is 34.0 Å². The van der Waals surface area contributed by atoms with Crippen LogP contribution in [-0.4, -0.2) is 40.4 Å². The molecule has 24 heavy (non-hydrogen) atoms. The third kappa shape index (κ3) is 7.61. The lowest BCUT2D eigenvalue weighted by Gasteiger charge is -2.10. The van der Waals surface area contributed by atoms with Gasteiger partial charge in [-0.15, -0.1) is 35.3 Å². The van der Waals surface area contributed by atoms with E-state index in [9.17, 15) is 0 Å². The molecular formula is C16H27IN6S. The first-order valence-electron chi connectivity index (χ1n) is 8.10. The molecule has 0 aliphatic carbocycles. The van der Waals surface area contributed by atoms with E-state index in [2.05, 4.69) is 52.7 Å². The van der Waals surface area contributed by atoms with Gasteiger partial charge in [0.05, 0.1) is 11.2 Å². The van der Waals surface area contributed by atoms with E-state index in [4.69, 9.17) is 0 Å². The molecule has 0 aliphatic heterocycles. The second-order valence-corrected chi connectivity index (χ2v) is 6.76. The molecule has 2 aromatic rings. The number of aromatic nitrogens is 3. The lowest BCUT2D eigenvalue weighted by atomic mass is 10.4. The number of hydrogen-bond donors (Lipinski definition) is 2. The fraction of sp³-hybridized carbons (Fsp3) is 0.562. The third-order valence-electron chi connectivity index (χ3n) is 3.22. The molecule has 0 spiro atoms. The van der Waals surface area contributed by atoms with E-state index in [0.717, 1.165) is 45.0 Å². The van der Waals surface area contributed by atoms with Crippen LogP contribution in [0.3, 0.4) is 0 Å². The lowest BCUT2D eigenvalue weighted by Crippen LogP contribution is -2.38. The van der Waals surface area contributed by atoms with Crippen molar-refractivity contribution < 1.29 is 0 Å². The van der Waals surface area contributed by atoms with Crippen molar-refractivity contribution in [1.29, 1.82) is 0 Å². The zero-order valence-corrected chi connectivity index (χ0v) is 17.7. The standard InChI is InChI=1S/C16H26N6S.HI/c1-4-17-16(19-8-6-15-20-11-14(3)23-15)18-7-5-9-22-12-13(2)10-21-22;/h10-12H,4-9H2,1-3H3,(H2,17,18,19);1H. The van der Waals surface area contributed by atoms with Gasteiger partial charge in [0.15, 0.2) is 5.96 Å². The first-order chi connectivity index (χ1) is 11.2. The van der Waals surface area contributed by atoms with E-state index >= 15 is 0 Å². The molecule has 2 aromatic heterocycles. The minimum absolute atomic E-state index is 0. The number of guanidine groups is 1. The normalized spacial score (nSPS) is 11.2. The van der Waals surface area contributed by atoms with Crippen molar-refractivity contribution >= 4 is 41.3 Å². The second kappa shape index (κ2) is 11.4. The maximum Gasteiger partial charge on any atom is 0.191 e. The summed E-state index contributed by atoms with van der Waals surface area (Å²) in [5.41, 5.74) is 1.20. The Morgan fingerprint density at radius 2 is 2.12 bits per heavy atom. The Kier molecular flexibility index (Phi) is 9.92. The molecule has 0 bridgehead atoms. The van der Waals surface area contributed by atoms with Crippen molar-refractivity contribution in [2.75, 3.05) is 19.6 Å². The average Bonchev–Trinajstić information content (AvgIpc) is 3.12. The summed E-state index contributed by atoms with van der Waals surface area (Å²) in [5.74, 6) is 0.873. The molecule has 2 N–H and O–H groups in total. The highest BCUT2D eigenvalue weighted by atomic mass is 127. The van der Waals surface area contributed by atoms with Gasteiger partial charge in [-0.1, -0.05) is 0 Å². The van der Waals surface area contributed by atoms with Gasteiger partial charge < -0.3 is 10.6 Å². The minimum Gasteiger partial charge on any atom is -0.357 e. The van der Waals surface area contributed by atoms with Gasteiger partial charge >= 0.3 is 0 Å². The van der Waals surface area contributed by atoms with Gasteiger partial charge in [-0.05, 0) is 32.8 Å². The molecule has 0 fully saturated rings. The molecule has 0 radical (unpaired) electrons. The molecule has 134 valence electrons. The largest absolute Gasteiger partial charge is 0.357 e. The predicted molar refractivity (Wildman–Crippen MR) is 112 cm³/mol. The lowest BCUT2D eigenvalue weighted by molar-refractivity contribution is 0.583. The molecule has 0 saturated carbocycles. The highest BCUT2D eigenvalue weighted by Gasteiger charge is 2.01. The zero-order chi connectivity index (χ0) is 16.5. The van der Waals surface area contributed by atoms with Crippen molar-refractivity contribution in [3.63, 3.8) is 0 Å². The van der Waals surface area contributed by atoms with Crippen LogP contribution in [0.5, 0.6) is 0 Å². The number of aryl methyl sites for hydroxylation is 3. The number of halogens is 1. The van der Waals surface area contributed by atoms with Crippen LogP contribution >= 0.6 is 35.3 Å². The molecule has 0 saturated heterocycles. The first kappa shape index (κ1) is 20.9. The summed E-state index contributed by atoms with van der Waals surface area (Å²) in [6.07, 6.45) is 7.77. The maximum absolute atomic E-state index is 4.61. The van der Waals surface area contributed by atoms with Crippen LogP contribution in [0.15, 0.2) is 23.6 Å². The van der Waals surface area contributed by atoms with Crippen LogP contribution in [0.25, 0.3) is 0 Å². The Bertz CT molecular complexity index is 622. The maximum atomic E-state index is 4.61. The molecule has 8 heteroatoms. The fourth-order valence-electron chi connectivity index (χ4n) is 2.16. The van der Waals surface area contributed by atoms with Crippen LogP contribution in [-0.2, 0) is 13.0 Å². The molecule has 0 unspecified atom stereocenters. The number of hydrogen-bond acceptors (Lipinski definition) is 4. The number of nitrogens with zero attached hydrogens (tertiary/aromatic N) is 4. The Labute approximate surface area is 165 Å². The van der Waals surface area contributed by atoms with Gasteiger partial charge in [-0.25, -0.2) is 4.98 Å². The van der Waals surface area contributed by atoms with Gasteiger partial charge in [0.1, 0.15) is 0 Å². The summed E-state index contributed by atoms with van der Waals surface area (Å²) in [5, 5.41) is 12.1. The van der Waals surface area contributed by atoms with Crippen LogP contribution in [0.1, 0.15) is 28.8 Å². The van der Waals surface area contributed by atoms with Gasteiger partial charge in [0.2, 0.25) is 0 Å². The Morgan fingerprint density at radius 1 is 1.29 bits per heavy atom. The molecule has 0 atom stereocenters. The molecule has 0 amide bonds. The van der Waals surface area contributed by atoms with Crippen LogP contribution < -0.4 is 10.6 Å². The van der Waals surface area contributed by atoms with Crippen molar-refractivity contribution in [1.82, 2.24) is 25.4 Å². The van der Waals surface area contributed by atoms with Gasteiger partial charge in [0.25, 0.3) is 0 Å². The van der Waals surface area contributed by atoms with Crippen LogP contribution in [0, 0.1) is 13.8 Å². The van der Waals surface area contributed by atoms with Crippen molar-refractivity contribution in [2.45, 2.75) is 40.2 Å². The summed E-state index contributed by atoms with van der Waals surface area (Å²) in [4.78, 5) is 10.2. The topological polar surface area (TPSA) is 67.1 Å². The Morgan fingerprint density at radius 3 is 2.75 bits per heavy atom. The van der Waals surface area contributed by atoms with Crippen LogP contribution in [0.4, 0.5) is 0 Å². The van der Waals surface area contributed by atoms with Gasteiger partial charge in [-0.2, -0.15) is 5.10 Å². The summed E-state index contributed by atoms with van der Waals surface area (Å²) < 4.78 is 1.97. The van der Waals surface area contributed by atoms with Crippen molar-refractivity contribution in [3.8, 4) is 0 Å². The number of thiazole rings is 1. The fourth-order valence-corrected chi connectivity index (χ4v) is 2.95. The third-order valence-corrected chi connectivity index (χ3v) is 4.19. The summed E-state index contributed by atoms with van der Waals surface area (Å²) in [7, 11) is 0. The summed E-state index contributed by atoms with van der Waals surface area (Å²) in [6, 6.07) is 0. The number of aliphatic imine (C=N–C) groups is 1. The van der Waals surface area contributed by atoms with Crippen LogP contribution in [0.2, 0.25) is 0 Å². The Hall–Kier alpha value is -1.16. The highest BCUT2D eigenvalue weighted by Crippen LogP contribution is 2.10. The highest BCUT2D eigenvalue weighted by molar-refractivity contribution is 14.0. The van der Waals surface area contributed by atoms with Crippen molar-refractivity contribution in [2.24, 2.45) is 4.99 Å². The van der Waals surface area contributed by atoms with E-state index < -0.39 is 0 Å². The summed E-state index contributed by atoms with van der Waals surface area (Å²) >= 11 is 1.75. The molecule has 2 heterocycles. The zero-order valence-electron chi connectivity index (χ0n) is 14.6. The first-order valence-corrected chi connectivity index (χ1v) is 8.91. The summed E-state index contributed by atoms with van der Waals surface area (Å²) in [6.45, 7) is 9.60. The quantitative estimate of drug-likeness (QED) is 0.274. The van der Waals surface area contributed by atoms with Gasteiger partial charge in [-0.3, -0.25) is 9.67 Å². The molecule has 0 aliphatic rings. The average molecular weight is 462 g/mol.